The second-order valence-corrected chi connectivity index (χ2v) is 11.9. The second kappa shape index (κ2) is 11.0. The van der Waals surface area contributed by atoms with E-state index in [1.807, 2.05) is 35.9 Å². The Morgan fingerprint density at radius 3 is 2.70 bits per heavy atom. The fourth-order valence-corrected chi connectivity index (χ4v) is 6.38. The van der Waals surface area contributed by atoms with Gasteiger partial charge in [-0.15, -0.1) is 10.2 Å². The Kier molecular flexibility index (Phi) is 7.00. The van der Waals surface area contributed by atoms with E-state index in [0.29, 0.717) is 46.7 Å². The molecule has 218 valence electrons. The molecule has 2 aromatic heterocycles. The van der Waals surface area contributed by atoms with E-state index in [1.165, 1.54) is 0 Å². The molecule has 0 unspecified atom stereocenters. The lowest BCUT2D eigenvalue weighted by molar-refractivity contribution is 0.0995. The molecule has 0 spiro atoms. The van der Waals surface area contributed by atoms with Crippen LogP contribution < -0.4 is 4.90 Å². The quantitative estimate of drug-likeness (QED) is 0.289. The topological polar surface area (TPSA) is 100 Å². The molecule has 1 aliphatic carbocycles. The number of pyridine rings is 1. The smallest absolute Gasteiger partial charge is 0.260 e. The summed E-state index contributed by atoms with van der Waals surface area (Å²) < 4.78 is 22.6. The minimum atomic E-state index is -0.355. The average Bonchev–Trinajstić information content (AvgIpc) is 3.49. The van der Waals surface area contributed by atoms with Crippen LogP contribution in [0.1, 0.15) is 57.9 Å². The lowest BCUT2D eigenvalue weighted by Crippen LogP contribution is -2.24. The predicted molar refractivity (Wildman–Crippen MR) is 159 cm³/mol. The number of hydrogen-bond acceptors (Lipinski definition) is 7. The van der Waals surface area contributed by atoms with E-state index in [0.717, 1.165) is 66.9 Å². The number of amides is 1. The lowest BCUT2D eigenvalue weighted by Gasteiger charge is -2.18. The number of ether oxygens (including phenoxy) is 1. The summed E-state index contributed by atoms with van der Waals surface area (Å²) in [5, 5.41) is 17.9. The number of methoxy groups -OCH3 is 1. The van der Waals surface area contributed by atoms with Crippen LogP contribution in [0.2, 0.25) is 0 Å². The third kappa shape index (κ3) is 5.19. The van der Waals surface area contributed by atoms with E-state index in [9.17, 15) is 10.1 Å². The number of halogens is 1. The molecule has 0 bridgehead atoms. The maximum Gasteiger partial charge on any atom is 0.260 e. The molecule has 43 heavy (non-hydrogen) atoms. The standard InChI is InChI=1S/C33H32FN7O2/c1-39-19-36-38-32(39)26-9-20(14-35)3-6-25(26)24-12-30(23-4-5-23)37-31(13-24)41-17-28-27(33(41)42)10-22(11-29(28)34)16-40-8-7-21(15-40)18-43-2/h3,6,9-13,19,21,23H,4-5,7-8,15-18H2,1-2H3/t21-/m1/s1. The molecule has 7 rings (SSSR count). The molecule has 2 aliphatic heterocycles. The third-order valence-electron chi connectivity index (χ3n) is 8.74. The Morgan fingerprint density at radius 2 is 1.95 bits per heavy atom. The highest BCUT2D eigenvalue weighted by Gasteiger charge is 2.35. The van der Waals surface area contributed by atoms with Gasteiger partial charge in [-0.2, -0.15) is 5.26 Å². The Morgan fingerprint density at radius 1 is 1.09 bits per heavy atom. The minimum absolute atomic E-state index is 0.129. The van der Waals surface area contributed by atoms with E-state index in [2.05, 4.69) is 27.2 Å². The molecule has 2 fully saturated rings. The van der Waals surface area contributed by atoms with Crippen LogP contribution in [-0.2, 0) is 24.9 Å². The first-order valence-electron chi connectivity index (χ1n) is 14.7. The molecule has 2 aromatic carbocycles. The summed E-state index contributed by atoms with van der Waals surface area (Å²) in [6.07, 6.45) is 4.74. The molecule has 10 heteroatoms. The van der Waals surface area contributed by atoms with E-state index in [1.54, 1.807) is 30.5 Å². The molecule has 4 aromatic rings. The van der Waals surface area contributed by atoms with Crippen molar-refractivity contribution < 1.29 is 13.9 Å². The number of aromatic nitrogens is 4. The number of carbonyl (C=O) groups is 1. The summed E-state index contributed by atoms with van der Waals surface area (Å²) in [6.45, 7) is 3.28. The molecule has 0 N–H and O–H groups in total. The molecular weight excluding hydrogens is 545 g/mol. The second-order valence-electron chi connectivity index (χ2n) is 11.9. The van der Waals surface area contributed by atoms with Crippen molar-refractivity contribution in [2.24, 2.45) is 13.0 Å². The first-order valence-corrected chi connectivity index (χ1v) is 14.7. The third-order valence-corrected chi connectivity index (χ3v) is 8.74. The van der Waals surface area contributed by atoms with Gasteiger partial charge in [0.15, 0.2) is 5.82 Å². The highest BCUT2D eigenvalue weighted by Crippen LogP contribution is 2.43. The molecule has 1 saturated heterocycles. The normalized spacial score (nSPS) is 18.3. The SMILES string of the molecule is COC[C@@H]1CCN(Cc2cc(F)c3c(c2)C(=O)N(c2cc(-c4ccc(C#N)cc4-c4nncn4C)cc(C4CC4)n2)C3)C1. The molecule has 1 atom stereocenters. The van der Waals surface area contributed by atoms with Crippen LogP contribution >= 0.6 is 0 Å². The van der Waals surface area contributed by atoms with Crippen molar-refractivity contribution in [3.63, 3.8) is 0 Å². The van der Waals surface area contributed by atoms with E-state index >= 15 is 4.39 Å². The molecule has 1 saturated carbocycles. The van der Waals surface area contributed by atoms with E-state index in [-0.39, 0.29) is 18.3 Å². The van der Waals surface area contributed by atoms with Crippen molar-refractivity contribution in [2.45, 2.75) is 38.3 Å². The van der Waals surface area contributed by atoms with E-state index < -0.39 is 0 Å². The maximum absolute atomic E-state index is 15.5. The molecule has 1 amide bonds. The number of fused-ring (bicyclic) bond motifs is 1. The number of carbonyl (C=O) groups excluding carboxylic acids is 1. The Labute approximate surface area is 249 Å². The zero-order valence-electron chi connectivity index (χ0n) is 24.3. The van der Waals surface area contributed by atoms with Gasteiger partial charge in [0.2, 0.25) is 0 Å². The van der Waals surface area contributed by atoms with Gasteiger partial charge >= 0.3 is 0 Å². The Balaban J connectivity index is 1.23. The summed E-state index contributed by atoms with van der Waals surface area (Å²) in [5.74, 6) is 1.33. The van der Waals surface area contributed by atoms with Gasteiger partial charge in [0, 0.05) is 55.5 Å². The van der Waals surface area contributed by atoms with Gasteiger partial charge in [-0.25, -0.2) is 9.37 Å². The maximum atomic E-state index is 15.5. The van der Waals surface area contributed by atoms with Crippen LogP contribution in [0, 0.1) is 23.1 Å². The van der Waals surface area contributed by atoms with Crippen molar-refractivity contribution in [1.29, 1.82) is 5.26 Å². The predicted octanol–water partition coefficient (Wildman–Crippen LogP) is 5.06. The van der Waals surface area contributed by atoms with Gasteiger partial charge in [0.05, 0.1) is 24.8 Å². The minimum Gasteiger partial charge on any atom is -0.384 e. The van der Waals surface area contributed by atoms with Crippen LogP contribution in [0.4, 0.5) is 10.2 Å². The summed E-state index contributed by atoms with van der Waals surface area (Å²) in [6, 6.07) is 15.1. The van der Waals surface area contributed by atoms with Crippen LogP contribution in [0.25, 0.3) is 22.5 Å². The van der Waals surface area contributed by atoms with Crippen molar-refractivity contribution in [1.82, 2.24) is 24.6 Å². The largest absolute Gasteiger partial charge is 0.384 e. The molecule has 9 nitrogen and oxygen atoms in total. The number of benzene rings is 2. The molecule has 0 radical (unpaired) electrons. The average molecular weight is 578 g/mol. The number of nitrogens with zero attached hydrogens (tertiary/aromatic N) is 7. The van der Waals surface area contributed by atoms with Crippen LogP contribution in [0.5, 0.6) is 0 Å². The number of likely N-dealkylation sites (tertiary alicyclic amines) is 1. The van der Waals surface area contributed by atoms with Gasteiger partial charge in [-0.1, -0.05) is 6.07 Å². The zero-order valence-corrected chi connectivity index (χ0v) is 24.3. The fraction of sp³-hybridized carbons (Fsp3) is 0.364. The monoisotopic (exact) mass is 577 g/mol. The van der Waals surface area contributed by atoms with Gasteiger partial charge in [-0.3, -0.25) is 14.6 Å². The Bertz CT molecular complexity index is 1770. The van der Waals surface area contributed by atoms with Gasteiger partial charge < -0.3 is 9.30 Å². The molecular formula is C33H32FN7O2. The molecule has 4 heterocycles. The van der Waals surface area contributed by atoms with Gasteiger partial charge in [0.25, 0.3) is 5.91 Å². The number of anilines is 1. The number of hydrogen-bond donors (Lipinski definition) is 0. The lowest BCUT2D eigenvalue weighted by atomic mass is 9.96. The van der Waals surface area contributed by atoms with Crippen LogP contribution in [0.3, 0.4) is 0 Å². The highest BCUT2D eigenvalue weighted by molar-refractivity contribution is 6.10. The van der Waals surface area contributed by atoms with E-state index in [4.69, 9.17) is 9.72 Å². The summed E-state index contributed by atoms with van der Waals surface area (Å²) in [4.78, 5) is 22.6. The van der Waals surface area contributed by atoms with Crippen LogP contribution in [0.15, 0.2) is 48.8 Å². The van der Waals surface area contributed by atoms with Crippen molar-refractivity contribution in [2.75, 3.05) is 31.7 Å². The highest BCUT2D eigenvalue weighted by atomic mass is 19.1. The first-order chi connectivity index (χ1) is 20.9. The summed E-state index contributed by atoms with van der Waals surface area (Å²) in [5.41, 5.74) is 5.51. The van der Waals surface area contributed by atoms with Gasteiger partial charge in [-0.05, 0) is 84.8 Å². The summed E-state index contributed by atoms with van der Waals surface area (Å²) in [7, 11) is 3.58. The summed E-state index contributed by atoms with van der Waals surface area (Å²) >= 11 is 0. The number of aryl methyl sites for hydroxylation is 1. The first kappa shape index (κ1) is 27.4. The molecule has 3 aliphatic rings. The van der Waals surface area contributed by atoms with Crippen molar-refractivity contribution in [3.05, 3.63) is 82.6 Å². The zero-order chi connectivity index (χ0) is 29.7. The Hall–Kier alpha value is -4.46. The number of nitriles is 1. The van der Waals surface area contributed by atoms with Crippen molar-refractivity contribution >= 4 is 11.7 Å². The fourth-order valence-electron chi connectivity index (χ4n) is 6.38. The van der Waals surface area contributed by atoms with Gasteiger partial charge in [0.1, 0.15) is 18.0 Å². The number of rotatable bonds is 8. The van der Waals surface area contributed by atoms with Crippen LogP contribution in [-0.4, -0.2) is 57.4 Å². The van der Waals surface area contributed by atoms with Crippen molar-refractivity contribution in [3.8, 4) is 28.6 Å².